The van der Waals surface area contributed by atoms with Crippen molar-refractivity contribution < 1.29 is 13.2 Å². The van der Waals surface area contributed by atoms with Gasteiger partial charge in [0.25, 0.3) is 0 Å². The van der Waals surface area contributed by atoms with Crippen LogP contribution in [0.25, 0.3) is 0 Å². The zero-order chi connectivity index (χ0) is 21.3. The molecule has 0 radical (unpaired) electrons. The number of likely N-dealkylation sites (tertiary alicyclic amines) is 1. The van der Waals surface area contributed by atoms with Gasteiger partial charge < -0.3 is 4.90 Å². The number of carbonyl (C=O) groups is 1. The van der Waals surface area contributed by atoms with E-state index in [0.29, 0.717) is 13.0 Å². The lowest BCUT2D eigenvalue weighted by molar-refractivity contribution is -0.123. The highest BCUT2D eigenvalue weighted by atomic mass is 32.2. The average molecular weight is 428 g/mol. The summed E-state index contributed by atoms with van der Waals surface area (Å²) in [5, 5.41) is 0. The van der Waals surface area contributed by atoms with E-state index in [9.17, 15) is 13.2 Å². The highest BCUT2D eigenvalue weighted by Crippen LogP contribution is 2.33. The number of sulfonamides is 1. The van der Waals surface area contributed by atoms with Gasteiger partial charge in [-0.15, -0.1) is 0 Å². The summed E-state index contributed by atoms with van der Waals surface area (Å²) in [4.78, 5) is 17.8. The number of fused-ring (bicyclic) bond motifs is 1. The summed E-state index contributed by atoms with van der Waals surface area (Å²) in [7, 11) is -0.404. The maximum absolute atomic E-state index is 13.2. The topological polar surface area (TPSA) is 60.9 Å². The Morgan fingerprint density at radius 1 is 1.03 bits per heavy atom. The van der Waals surface area contributed by atoms with Crippen molar-refractivity contribution in [2.75, 3.05) is 38.6 Å². The predicted octanol–water partition coefficient (Wildman–Crippen LogP) is 2.74. The quantitative estimate of drug-likeness (QED) is 0.736. The molecule has 6 nitrogen and oxygen atoms in total. The van der Waals surface area contributed by atoms with Crippen LogP contribution >= 0.6 is 0 Å². The van der Waals surface area contributed by atoms with E-state index in [2.05, 4.69) is 29.2 Å². The third kappa shape index (κ3) is 4.15. The molecule has 0 atom stereocenters. The number of hydrogen-bond acceptors (Lipinski definition) is 4. The lowest BCUT2D eigenvalue weighted by atomic mass is 9.95. The zero-order valence-electron chi connectivity index (χ0n) is 17.6. The van der Waals surface area contributed by atoms with Crippen LogP contribution in [0.3, 0.4) is 0 Å². The first-order valence-corrected chi connectivity index (χ1v) is 11.9. The van der Waals surface area contributed by atoms with Gasteiger partial charge >= 0.3 is 0 Å². The Kier molecular flexibility index (Phi) is 5.95. The summed E-state index contributed by atoms with van der Waals surface area (Å²) >= 11 is 0. The van der Waals surface area contributed by atoms with Crippen LogP contribution in [0.15, 0.2) is 53.4 Å². The Balaban J connectivity index is 1.40. The van der Waals surface area contributed by atoms with E-state index in [1.807, 2.05) is 11.0 Å². The molecule has 2 aliphatic heterocycles. The van der Waals surface area contributed by atoms with Gasteiger partial charge in [0.05, 0.1) is 4.90 Å². The normalized spacial score (nSPS) is 18.0. The van der Waals surface area contributed by atoms with Crippen molar-refractivity contribution in [1.29, 1.82) is 0 Å². The fourth-order valence-electron chi connectivity index (χ4n) is 4.38. The van der Waals surface area contributed by atoms with E-state index in [4.69, 9.17) is 0 Å². The molecule has 0 spiro atoms. The number of rotatable bonds is 5. The molecule has 30 heavy (non-hydrogen) atoms. The molecule has 2 aliphatic rings. The Hall–Kier alpha value is -2.22. The van der Waals surface area contributed by atoms with E-state index < -0.39 is 10.0 Å². The van der Waals surface area contributed by atoms with Crippen LogP contribution in [0.5, 0.6) is 0 Å². The number of amides is 1. The van der Waals surface area contributed by atoms with Gasteiger partial charge in [0, 0.05) is 38.8 Å². The molecule has 0 unspecified atom stereocenters. The minimum absolute atomic E-state index is 0.0353. The highest BCUT2D eigenvalue weighted by Gasteiger charge is 2.33. The van der Waals surface area contributed by atoms with E-state index >= 15 is 0 Å². The highest BCUT2D eigenvalue weighted by molar-refractivity contribution is 7.89. The number of hydrogen-bond donors (Lipinski definition) is 0. The molecule has 2 aromatic carbocycles. The summed E-state index contributed by atoms with van der Waals surface area (Å²) < 4.78 is 26.0. The lowest BCUT2D eigenvalue weighted by Gasteiger charge is -2.33. The van der Waals surface area contributed by atoms with Crippen LogP contribution in [0.2, 0.25) is 0 Å². The van der Waals surface area contributed by atoms with Crippen molar-refractivity contribution in [1.82, 2.24) is 9.21 Å². The van der Waals surface area contributed by atoms with Crippen LogP contribution in [-0.2, 0) is 27.8 Å². The van der Waals surface area contributed by atoms with Crippen LogP contribution in [-0.4, -0.2) is 57.3 Å². The molecular weight excluding hydrogens is 398 g/mol. The summed E-state index contributed by atoms with van der Waals surface area (Å²) in [6, 6.07) is 15.6. The molecule has 4 rings (SSSR count). The molecule has 0 aliphatic carbocycles. The van der Waals surface area contributed by atoms with Gasteiger partial charge in [-0.3, -0.25) is 9.69 Å². The summed E-state index contributed by atoms with van der Waals surface area (Å²) in [5.74, 6) is 0.212. The van der Waals surface area contributed by atoms with Gasteiger partial charge in [-0.2, -0.15) is 0 Å². The third-order valence-electron chi connectivity index (χ3n) is 6.18. The first kappa shape index (κ1) is 21.0. The average Bonchev–Trinajstić information content (AvgIpc) is 3.17. The van der Waals surface area contributed by atoms with Crippen molar-refractivity contribution in [3.8, 4) is 0 Å². The first-order valence-electron chi connectivity index (χ1n) is 10.5. The Morgan fingerprint density at radius 3 is 2.40 bits per heavy atom. The number of anilines is 1. The van der Waals surface area contributed by atoms with E-state index in [-0.39, 0.29) is 16.7 Å². The zero-order valence-corrected chi connectivity index (χ0v) is 18.4. The molecule has 2 heterocycles. The second-order valence-corrected chi connectivity index (χ2v) is 10.5. The fourth-order valence-corrected chi connectivity index (χ4v) is 5.33. The second kappa shape index (κ2) is 8.49. The maximum atomic E-state index is 13.2. The minimum atomic E-state index is -3.46. The lowest BCUT2D eigenvalue weighted by Crippen LogP contribution is -2.41. The molecule has 160 valence electrons. The largest absolute Gasteiger partial charge is 0.312 e. The van der Waals surface area contributed by atoms with E-state index in [1.165, 1.54) is 24.0 Å². The van der Waals surface area contributed by atoms with Gasteiger partial charge in [-0.25, -0.2) is 12.7 Å². The molecular formula is C23H29N3O3S. The number of piperidine rings is 1. The van der Waals surface area contributed by atoms with Gasteiger partial charge in [0.2, 0.25) is 15.9 Å². The van der Waals surface area contributed by atoms with E-state index in [1.54, 1.807) is 18.2 Å². The molecule has 0 aromatic heterocycles. The van der Waals surface area contributed by atoms with Crippen molar-refractivity contribution in [2.45, 2.75) is 30.7 Å². The van der Waals surface area contributed by atoms with Gasteiger partial charge in [0.1, 0.15) is 0 Å². The summed E-state index contributed by atoms with van der Waals surface area (Å²) in [6.07, 6.45) is 2.43. The van der Waals surface area contributed by atoms with Crippen molar-refractivity contribution in [3.63, 3.8) is 0 Å². The van der Waals surface area contributed by atoms with Crippen LogP contribution < -0.4 is 4.90 Å². The van der Waals surface area contributed by atoms with Crippen LogP contribution in [0, 0.1) is 5.92 Å². The van der Waals surface area contributed by atoms with E-state index in [0.717, 1.165) is 43.7 Å². The molecule has 2 aromatic rings. The minimum Gasteiger partial charge on any atom is -0.312 e. The van der Waals surface area contributed by atoms with Crippen LogP contribution in [0.1, 0.15) is 24.0 Å². The SMILES string of the molecule is CN(C)S(=O)(=O)c1ccc2c(c1)CCN2C(=O)C1CCN(Cc2ccccc2)CC1. The Labute approximate surface area is 179 Å². The second-order valence-electron chi connectivity index (χ2n) is 8.35. The van der Waals surface area contributed by atoms with Crippen molar-refractivity contribution in [2.24, 2.45) is 5.92 Å². The number of nitrogens with zero attached hydrogens (tertiary/aromatic N) is 3. The smallest absolute Gasteiger partial charge is 0.242 e. The third-order valence-corrected chi connectivity index (χ3v) is 7.99. The van der Waals surface area contributed by atoms with Gasteiger partial charge in [-0.05, 0) is 61.7 Å². The van der Waals surface area contributed by atoms with Crippen molar-refractivity contribution >= 4 is 21.6 Å². The van der Waals surface area contributed by atoms with Crippen molar-refractivity contribution in [3.05, 3.63) is 59.7 Å². The number of carbonyl (C=O) groups excluding carboxylic acids is 1. The molecule has 0 N–H and O–H groups in total. The van der Waals surface area contributed by atoms with Gasteiger partial charge in [0.15, 0.2) is 0 Å². The Morgan fingerprint density at radius 2 is 1.73 bits per heavy atom. The maximum Gasteiger partial charge on any atom is 0.242 e. The standard InChI is InChI=1S/C23H29N3O3S/c1-24(2)30(28,29)21-8-9-22-20(16-21)12-15-26(22)23(27)19-10-13-25(14-11-19)17-18-6-4-3-5-7-18/h3-9,16,19H,10-15,17H2,1-2H3. The molecule has 0 saturated carbocycles. The fraction of sp³-hybridized carbons (Fsp3) is 0.435. The summed E-state index contributed by atoms with van der Waals surface area (Å²) in [5.41, 5.74) is 3.11. The molecule has 7 heteroatoms. The monoisotopic (exact) mass is 427 g/mol. The Bertz CT molecular complexity index is 1010. The summed E-state index contributed by atoms with van der Waals surface area (Å²) in [6.45, 7) is 3.40. The molecule has 0 bridgehead atoms. The molecule has 1 amide bonds. The van der Waals surface area contributed by atoms with Crippen LogP contribution in [0.4, 0.5) is 5.69 Å². The van der Waals surface area contributed by atoms with Gasteiger partial charge in [-0.1, -0.05) is 30.3 Å². The predicted molar refractivity (Wildman–Crippen MR) is 118 cm³/mol. The molecule has 1 saturated heterocycles. The number of benzene rings is 2. The first-order chi connectivity index (χ1) is 14.4. The molecule has 1 fully saturated rings.